The van der Waals surface area contributed by atoms with Gasteiger partial charge in [0.15, 0.2) is 0 Å². The maximum Gasteiger partial charge on any atom is 0.211 e. The fourth-order valence-corrected chi connectivity index (χ4v) is 3.80. The third-order valence-electron chi connectivity index (χ3n) is 4.29. The number of nitrogens with zero attached hydrogens (tertiary/aromatic N) is 4. The number of sulfonamides is 1. The summed E-state index contributed by atoms with van der Waals surface area (Å²) in [5.74, 6) is 0.570. The number of hydrogen-bond acceptors (Lipinski definition) is 5. The summed E-state index contributed by atoms with van der Waals surface area (Å²) in [5.41, 5.74) is 7.25. The zero-order valence-corrected chi connectivity index (χ0v) is 12.8. The molecule has 0 aromatic carbocycles. The van der Waals surface area contributed by atoms with Crippen molar-refractivity contribution in [2.75, 3.05) is 25.1 Å². The van der Waals surface area contributed by atoms with Crippen LogP contribution in [-0.2, 0) is 10.0 Å². The van der Waals surface area contributed by atoms with Gasteiger partial charge in [0.1, 0.15) is 17.5 Å². The van der Waals surface area contributed by atoms with Crippen molar-refractivity contribution < 1.29 is 8.42 Å². The average Bonchev–Trinajstić information content (AvgIpc) is 3.22. The number of aromatic nitrogens is 2. The van der Waals surface area contributed by atoms with Crippen molar-refractivity contribution in [1.29, 1.82) is 5.26 Å². The van der Waals surface area contributed by atoms with Crippen LogP contribution in [0.15, 0.2) is 0 Å². The van der Waals surface area contributed by atoms with Crippen molar-refractivity contribution in [3.05, 3.63) is 11.3 Å². The van der Waals surface area contributed by atoms with Crippen LogP contribution in [0.3, 0.4) is 0 Å². The van der Waals surface area contributed by atoms with Gasteiger partial charge in [-0.1, -0.05) is 0 Å². The monoisotopic (exact) mass is 309 g/mol. The van der Waals surface area contributed by atoms with E-state index in [9.17, 15) is 13.7 Å². The molecule has 0 radical (unpaired) electrons. The Morgan fingerprint density at radius 3 is 2.38 bits per heavy atom. The third-order valence-corrected chi connectivity index (χ3v) is 5.59. The third kappa shape index (κ3) is 2.63. The van der Waals surface area contributed by atoms with Gasteiger partial charge in [0.25, 0.3) is 0 Å². The van der Waals surface area contributed by atoms with E-state index in [1.165, 1.54) is 10.6 Å². The molecule has 0 unspecified atom stereocenters. The molecule has 1 aliphatic carbocycles. The molecule has 0 amide bonds. The maximum absolute atomic E-state index is 11.5. The van der Waals surface area contributed by atoms with Crippen LogP contribution in [0.5, 0.6) is 0 Å². The molecule has 2 fully saturated rings. The molecular formula is C13H19N5O2S. The molecule has 0 bridgehead atoms. The first-order valence-corrected chi connectivity index (χ1v) is 8.99. The number of nitrogens with two attached hydrogens (primary N) is 1. The first-order valence-electron chi connectivity index (χ1n) is 7.15. The Morgan fingerprint density at radius 2 is 1.90 bits per heavy atom. The van der Waals surface area contributed by atoms with E-state index >= 15 is 0 Å². The number of rotatable bonds is 3. The lowest BCUT2D eigenvalue weighted by atomic mass is 9.92. The highest BCUT2D eigenvalue weighted by molar-refractivity contribution is 7.88. The van der Waals surface area contributed by atoms with Crippen LogP contribution in [0.1, 0.15) is 48.9 Å². The number of nitriles is 1. The molecule has 1 aromatic heterocycles. The summed E-state index contributed by atoms with van der Waals surface area (Å²) in [5, 5.41) is 13.9. The van der Waals surface area contributed by atoms with Gasteiger partial charge in [-0.25, -0.2) is 17.4 Å². The van der Waals surface area contributed by atoms with E-state index in [1.807, 2.05) is 0 Å². The van der Waals surface area contributed by atoms with Gasteiger partial charge >= 0.3 is 0 Å². The molecule has 3 rings (SSSR count). The van der Waals surface area contributed by atoms with E-state index in [2.05, 4.69) is 11.2 Å². The van der Waals surface area contributed by atoms with Crippen molar-refractivity contribution in [2.24, 2.45) is 0 Å². The van der Waals surface area contributed by atoms with E-state index < -0.39 is 10.0 Å². The van der Waals surface area contributed by atoms with Gasteiger partial charge in [-0.3, -0.25) is 0 Å². The summed E-state index contributed by atoms with van der Waals surface area (Å²) in [6.07, 6.45) is 4.71. The lowest BCUT2D eigenvalue weighted by Crippen LogP contribution is -2.37. The molecule has 1 saturated heterocycles. The second-order valence-corrected chi connectivity index (χ2v) is 7.85. The minimum absolute atomic E-state index is 0.111. The van der Waals surface area contributed by atoms with Gasteiger partial charge in [0.2, 0.25) is 10.0 Å². The normalized spacial score (nSPS) is 21.3. The lowest BCUT2D eigenvalue weighted by molar-refractivity contribution is 0.317. The Bertz CT molecular complexity index is 691. The fourth-order valence-electron chi connectivity index (χ4n) is 2.92. The number of piperidine rings is 1. The van der Waals surface area contributed by atoms with Crippen molar-refractivity contribution in [2.45, 2.75) is 37.6 Å². The number of hydrogen-bond donors (Lipinski definition) is 1. The summed E-state index contributed by atoms with van der Waals surface area (Å²) >= 11 is 0. The summed E-state index contributed by atoms with van der Waals surface area (Å²) in [4.78, 5) is 0. The van der Waals surface area contributed by atoms with Gasteiger partial charge in [-0.2, -0.15) is 10.4 Å². The van der Waals surface area contributed by atoms with Crippen LogP contribution < -0.4 is 5.73 Å². The van der Waals surface area contributed by atoms with E-state index in [0.717, 1.165) is 18.5 Å². The highest BCUT2D eigenvalue weighted by Gasteiger charge is 2.33. The SMILES string of the molecule is CS(=O)(=O)N1CCC(c2nn(C3CC3)c(N)c2C#N)CC1. The quantitative estimate of drug-likeness (QED) is 0.889. The highest BCUT2D eigenvalue weighted by atomic mass is 32.2. The molecule has 0 atom stereocenters. The minimum Gasteiger partial charge on any atom is -0.383 e. The summed E-state index contributed by atoms with van der Waals surface area (Å²) < 4.78 is 26.3. The molecular weight excluding hydrogens is 290 g/mol. The van der Waals surface area contributed by atoms with Gasteiger partial charge in [0, 0.05) is 19.0 Å². The fraction of sp³-hybridized carbons (Fsp3) is 0.692. The molecule has 114 valence electrons. The maximum atomic E-state index is 11.5. The Labute approximate surface area is 124 Å². The van der Waals surface area contributed by atoms with E-state index in [1.54, 1.807) is 4.68 Å². The molecule has 8 heteroatoms. The minimum atomic E-state index is -3.14. The van der Waals surface area contributed by atoms with Crippen molar-refractivity contribution in [3.8, 4) is 6.07 Å². The molecule has 2 heterocycles. The molecule has 1 aromatic rings. The van der Waals surface area contributed by atoms with E-state index in [4.69, 9.17) is 5.73 Å². The first-order chi connectivity index (χ1) is 9.91. The van der Waals surface area contributed by atoms with Gasteiger partial charge < -0.3 is 5.73 Å². The van der Waals surface area contributed by atoms with Crippen LogP contribution >= 0.6 is 0 Å². The molecule has 7 nitrogen and oxygen atoms in total. The summed E-state index contributed by atoms with van der Waals surface area (Å²) in [6.45, 7) is 0.953. The van der Waals surface area contributed by atoms with Crippen LogP contribution in [0, 0.1) is 11.3 Å². The van der Waals surface area contributed by atoms with Crippen LogP contribution in [0.2, 0.25) is 0 Å². The van der Waals surface area contributed by atoms with Gasteiger partial charge in [0.05, 0.1) is 18.0 Å². The van der Waals surface area contributed by atoms with Crippen molar-refractivity contribution in [3.63, 3.8) is 0 Å². The highest BCUT2D eigenvalue weighted by Crippen LogP contribution is 2.40. The standard InChI is InChI=1S/C13H19N5O2S/c1-21(19,20)17-6-4-9(5-7-17)12-11(8-14)13(15)18(16-12)10-2-3-10/h9-10H,2-7,15H2,1H3. The molecule has 2 aliphatic rings. The second-order valence-electron chi connectivity index (χ2n) is 5.87. The Balaban J connectivity index is 1.82. The summed E-state index contributed by atoms with van der Waals surface area (Å²) in [6, 6.07) is 2.50. The zero-order chi connectivity index (χ0) is 15.2. The summed E-state index contributed by atoms with van der Waals surface area (Å²) in [7, 11) is -3.14. The smallest absolute Gasteiger partial charge is 0.211 e. The molecule has 21 heavy (non-hydrogen) atoms. The Kier molecular flexibility index (Phi) is 3.42. The predicted molar refractivity (Wildman–Crippen MR) is 78.0 cm³/mol. The largest absolute Gasteiger partial charge is 0.383 e. The first kappa shape index (κ1) is 14.4. The lowest BCUT2D eigenvalue weighted by Gasteiger charge is -2.29. The number of anilines is 1. The number of nitrogen functional groups attached to an aromatic ring is 1. The van der Waals surface area contributed by atoms with Gasteiger partial charge in [-0.05, 0) is 25.7 Å². The second kappa shape index (κ2) is 5.00. The molecule has 0 spiro atoms. The van der Waals surface area contributed by atoms with Gasteiger partial charge in [-0.15, -0.1) is 0 Å². The average molecular weight is 309 g/mol. The van der Waals surface area contributed by atoms with E-state index in [0.29, 0.717) is 43.4 Å². The Hall–Kier alpha value is -1.59. The van der Waals surface area contributed by atoms with Crippen molar-refractivity contribution >= 4 is 15.8 Å². The molecule has 1 aliphatic heterocycles. The topological polar surface area (TPSA) is 105 Å². The predicted octanol–water partition coefficient (Wildman–Crippen LogP) is 0.811. The van der Waals surface area contributed by atoms with Crippen LogP contribution in [0.4, 0.5) is 5.82 Å². The van der Waals surface area contributed by atoms with Crippen LogP contribution in [0.25, 0.3) is 0 Å². The van der Waals surface area contributed by atoms with Crippen LogP contribution in [-0.4, -0.2) is 41.8 Å². The molecule has 2 N–H and O–H groups in total. The molecule has 1 saturated carbocycles. The van der Waals surface area contributed by atoms with Crippen molar-refractivity contribution in [1.82, 2.24) is 14.1 Å². The van der Waals surface area contributed by atoms with E-state index in [-0.39, 0.29) is 5.92 Å². The Morgan fingerprint density at radius 1 is 1.29 bits per heavy atom. The zero-order valence-electron chi connectivity index (χ0n) is 12.0.